The lowest BCUT2D eigenvalue weighted by Crippen LogP contribution is -2.38. The number of benzene rings is 1. The fraction of sp³-hybridized carbons (Fsp3) is 0.538. The molecule has 1 aromatic carbocycles. The molecule has 2 fully saturated rings. The third-order valence-electron chi connectivity index (χ3n) is 3.73. The van der Waals surface area contributed by atoms with Crippen LogP contribution in [-0.2, 0) is 4.74 Å². The summed E-state index contributed by atoms with van der Waals surface area (Å²) in [7, 11) is 0. The van der Waals surface area contributed by atoms with E-state index in [-0.39, 0.29) is 5.60 Å². The molecule has 1 aromatic rings. The standard InChI is InChI=1S/C13H16ClNO/c1-10-8-11(14)2-3-12(10)15-6-4-13(5-7-15)9-16-13/h2-3,8H,4-7,9H2,1H3. The Hall–Kier alpha value is -0.730. The number of nitrogens with zero attached hydrogens (tertiary/aromatic N) is 1. The van der Waals surface area contributed by atoms with E-state index >= 15 is 0 Å². The van der Waals surface area contributed by atoms with Crippen LogP contribution in [0.1, 0.15) is 18.4 Å². The van der Waals surface area contributed by atoms with Gasteiger partial charge in [-0.2, -0.15) is 0 Å². The number of halogens is 1. The predicted molar refractivity (Wildman–Crippen MR) is 66.3 cm³/mol. The number of rotatable bonds is 1. The van der Waals surface area contributed by atoms with E-state index in [1.807, 2.05) is 12.1 Å². The molecule has 86 valence electrons. The molecule has 0 radical (unpaired) electrons. The van der Waals surface area contributed by atoms with Crippen LogP contribution in [-0.4, -0.2) is 25.3 Å². The molecule has 0 atom stereocenters. The van der Waals surface area contributed by atoms with Gasteiger partial charge in [0.25, 0.3) is 0 Å². The number of aryl methyl sites for hydroxylation is 1. The van der Waals surface area contributed by atoms with Gasteiger partial charge in [0.1, 0.15) is 0 Å². The summed E-state index contributed by atoms with van der Waals surface area (Å²) in [5, 5.41) is 0.820. The number of epoxide rings is 1. The van der Waals surface area contributed by atoms with Gasteiger partial charge in [0.2, 0.25) is 0 Å². The lowest BCUT2D eigenvalue weighted by Gasteiger charge is -2.33. The highest BCUT2D eigenvalue weighted by Crippen LogP contribution is 2.39. The second-order valence-electron chi connectivity index (χ2n) is 4.89. The zero-order valence-corrected chi connectivity index (χ0v) is 10.3. The van der Waals surface area contributed by atoms with Crippen molar-refractivity contribution < 1.29 is 4.74 Å². The van der Waals surface area contributed by atoms with Crippen molar-refractivity contribution in [2.24, 2.45) is 0 Å². The summed E-state index contributed by atoms with van der Waals surface area (Å²) in [5.74, 6) is 0. The Morgan fingerprint density at radius 2 is 2.00 bits per heavy atom. The SMILES string of the molecule is Cc1cc(Cl)ccc1N1CCC2(CC1)CO2. The van der Waals surface area contributed by atoms with Crippen molar-refractivity contribution >= 4 is 17.3 Å². The Kier molecular flexibility index (Phi) is 2.37. The summed E-state index contributed by atoms with van der Waals surface area (Å²) < 4.78 is 5.52. The van der Waals surface area contributed by atoms with Crippen molar-refractivity contribution in [3.63, 3.8) is 0 Å². The number of anilines is 1. The smallest absolute Gasteiger partial charge is 0.0950 e. The highest BCUT2D eigenvalue weighted by molar-refractivity contribution is 6.30. The van der Waals surface area contributed by atoms with Gasteiger partial charge in [-0.3, -0.25) is 0 Å². The van der Waals surface area contributed by atoms with Crippen molar-refractivity contribution in [3.8, 4) is 0 Å². The molecule has 0 amide bonds. The molecule has 0 N–H and O–H groups in total. The summed E-state index contributed by atoms with van der Waals surface area (Å²) in [6, 6.07) is 6.14. The van der Waals surface area contributed by atoms with Gasteiger partial charge in [-0.25, -0.2) is 0 Å². The molecule has 16 heavy (non-hydrogen) atoms. The Labute approximate surface area is 101 Å². The largest absolute Gasteiger partial charge is 0.371 e. The van der Waals surface area contributed by atoms with E-state index < -0.39 is 0 Å². The maximum atomic E-state index is 5.97. The minimum absolute atomic E-state index is 0.261. The average molecular weight is 238 g/mol. The summed E-state index contributed by atoms with van der Waals surface area (Å²) in [5.41, 5.74) is 2.84. The van der Waals surface area contributed by atoms with Gasteiger partial charge in [-0.05, 0) is 43.5 Å². The second-order valence-corrected chi connectivity index (χ2v) is 5.33. The van der Waals surface area contributed by atoms with Gasteiger partial charge in [-0.15, -0.1) is 0 Å². The molecule has 0 unspecified atom stereocenters. The molecule has 2 saturated heterocycles. The van der Waals surface area contributed by atoms with E-state index in [0.29, 0.717) is 0 Å². The molecule has 2 nitrogen and oxygen atoms in total. The van der Waals surface area contributed by atoms with Crippen LogP contribution in [0.3, 0.4) is 0 Å². The molecular weight excluding hydrogens is 222 g/mol. The third kappa shape index (κ3) is 1.80. The molecule has 2 aliphatic heterocycles. The summed E-state index contributed by atoms with van der Waals surface area (Å²) in [4.78, 5) is 2.44. The zero-order chi connectivity index (χ0) is 11.2. The minimum atomic E-state index is 0.261. The van der Waals surface area contributed by atoms with Gasteiger partial charge in [0.05, 0.1) is 12.2 Å². The molecule has 0 aliphatic carbocycles. The van der Waals surface area contributed by atoms with Crippen LogP contribution in [0.25, 0.3) is 0 Å². The minimum Gasteiger partial charge on any atom is -0.371 e. The third-order valence-corrected chi connectivity index (χ3v) is 3.96. The number of hydrogen-bond donors (Lipinski definition) is 0. The van der Waals surface area contributed by atoms with Gasteiger partial charge in [-0.1, -0.05) is 11.6 Å². The second kappa shape index (κ2) is 3.64. The zero-order valence-electron chi connectivity index (χ0n) is 9.50. The lowest BCUT2D eigenvalue weighted by atomic mass is 9.97. The van der Waals surface area contributed by atoms with Crippen LogP contribution in [0.15, 0.2) is 18.2 Å². The first-order valence-corrected chi connectivity index (χ1v) is 6.21. The van der Waals surface area contributed by atoms with Crippen LogP contribution >= 0.6 is 11.6 Å². The molecular formula is C13H16ClNO. The van der Waals surface area contributed by atoms with E-state index in [4.69, 9.17) is 16.3 Å². The maximum absolute atomic E-state index is 5.97. The van der Waals surface area contributed by atoms with Crippen LogP contribution in [0.2, 0.25) is 5.02 Å². The van der Waals surface area contributed by atoms with E-state index in [2.05, 4.69) is 17.9 Å². The summed E-state index contributed by atoms with van der Waals surface area (Å²) >= 11 is 5.97. The first kappa shape index (κ1) is 10.4. The molecule has 3 heteroatoms. The molecule has 2 heterocycles. The molecule has 2 aliphatic rings. The van der Waals surface area contributed by atoms with Crippen molar-refractivity contribution in [1.29, 1.82) is 0 Å². The van der Waals surface area contributed by atoms with Crippen molar-refractivity contribution in [2.75, 3.05) is 24.6 Å². The molecule has 1 spiro atoms. The van der Waals surface area contributed by atoms with Crippen LogP contribution < -0.4 is 4.90 Å². The summed E-state index contributed by atoms with van der Waals surface area (Å²) in [6.07, 6.45) is 2.32. The number of ether oxygens (including phenoxy) is 1. The molecule has 3 rings (SSSR count). The molecule has 0 saturated carbocycles. The van der Waals surface area contributed by atoms with Crippen LogP contribution in [0, 0.1) is 6.92 Å². The Morgan fingerprint density at radius 1 is 1.31 bits per heavy atom. The quantitative estimate of drug-likeness (QED) is 0.698. The normalized spacial score (nSPS) is 22.5. The van der Waals surface area contributed by atoms with E-state index in [1.165, 1.54) is 11.3 Å². The fourth-order valence-corrected chi connectivity index (χ4v) is 2.75. The van der Waals surface area contributed by atoms with E-state index in [0.717, 1.165) is 37.6 Å². The van der Waals surface area contributed by atoms with Gasteiger partial charge < -0.3 is 9.64 Å². The number of piperidine rings is 1. The fourth-order valence-electron chi connectivity index (χ4n) is 2.52. The van der Waals surface area contributed by atoms with Crippen molar-refractivity contribution in [3.05, 3.63) is 28.8 Å². The first-order chi connectivity index (χ1) is 7.69. The van der Waals surface area contributed by atoms with E-state index in [9.17, 15) is 0 Å². The topological polar surface area (TPSA) is 15.8 Å². The molecule has 0 aromatic heterocycles. The van der Waals surface area contributed by atoms with E-state index in [1.54, 1.807) is 0 Å². The molecule has 0 bridgehead atoms. The highest BCUT2D eigenvalue weighted by atomic mass is 35.5. The first-order valence-electron chi connectivity index (χ1n) is 5.84. The predicted octanol–water partition coefficient (Wildman–Crippen LogP) is 3.02. The van der Waals surface area contributed by atoms with Crippen LogP contribution in [0.4, 0.5) is 5.69 Å². The van der Waals surface area contributed by atoms with Gasteiger partial charge in [0.15, 0.2) is 0 Å². The summed E-state index contributed by atoms with van der Waals surface area (Å²) in [6.45, 7) is 5.30. The lowest BCUT2D eigenvalue weighted by molar-refractivity contribution is 0.258. The Morgan fingerprint density at radius 3 is 2.56 bits per heavy atom. The Balaban J connectivity index is 1.77. The van der Waals surface area contributed by atoms with Gasteiger partial charge in [0, 0.05) is 23.8 Å². The maximum Gasteiger partial charge on any atom is 0.0950 e. The van der Waals surface area contributed by atoms with Crippen molar-refractivity contribution in [1.82, 2.24) is 0 Å². The Bertz CT molecular complexity index is 404. The number of hydrogen-bond acceptors (Lipinski definition) is 2. The van der Waals surface area contributed by atoms with Crippen LogP contribution in [0.5, 0.6) is 0 Å². The highest BCUT2D eigenvalue weighted by Gasteiger charge is 2.46. The van der Waals surface area contributed by atoms with Crippen molar-refractivity contribution in [2.45, 2.75) is 25.4 Å². The monoisotopic (exact) mass is 237 g/mol. The average Bonchev–Trinajstić information content (AvgIpc) is 3.00. The van der Waals surface area contributed by atoms with Gasteiger partial charge >= 0.3 is 0 Å².